The topological polar surface area (TPSA) is 91.8 Å². The minimum atomic E-state index is -2.76. The number of hydrogen-bond donors (Lipinski definition) is 1. The summed E-state index contributed by atoms with van der Waals surface area (Å²) in [7, 11) is -5.42. The van der Waals surface area contributed by atoms with Gasteiger partial charge >= 0.3 is 22.8 Å². The van der Waals surface area contributed by atoms with Crippen LogP contribution in [0.15, 0.2) is 20.6 Å². The molecule has 0 spiro atoms. The van der Waals surface area contributed by atoms with E-state index in [-0.39, 0.29) is 34.4 Å². The summed E-state index contributed by atoms with van der Waals surface area (Å²) in [5.74, 6) is 0. The van der Waals surface area contributed by atoms with Crippen LogP contribution >= 0.6 is 15.9 Å². The van der Waals surface area contributed by atoms with Crippen LogP contribution in [0.2, 0.25) is 22.2 Å². The van der Waals surface area contributed by atoms with Crippen LogP contribution in [0.1, 0.15) is 73.7 Å². The van der Waals surface area contributed by atoms with Gasteiger partial charge in [0.25, 0.3) is 5.56 Å². The third-order valence-corrected chi connectivity index (χ3v) is 17.6. The number of hydrogen-bond acceptors (Lipinski definition) is 6. The smallest absolute Gasteiger partial charge is 0.335 e. The van der Waals surface area contributed by atoms with E-state index < -0.39 is 34.6 Å². The fourth-order valence-corrected chi connectivity index (χ4v) is 16.8. The number of ether oxygens (including phenoxy) is 1. The Morgan fingerprint density at radius 2 is 1.59 bits per heavy atom. The highest BCUT2D eigenvalue weighted by Crippen LogP contribution is 2.48. The van der Waals surface area contributed by atoms with E-state index in [9.17, 15) is 9.59 Å². The quantitative estimate of drug-likeness (QED) is 0.472. The van der Waals surface area contributed by atoms with Gasteiger partial charge in [-0.3, -0.25) is 14.3 Å². The minimum absolute atomic E-state index is 0.209. The summed E-state index contributed by atoms with van der Waals surface area (Å²) >= 11 is 3.25. The molecule has 1 aromatic heterocycles. The fraction of sp³-hybridized carbons (Fsp3) is 0.739. The Hall–Kier alpha value is -0.826. The van der Waals surface area contributed by atoms with Crippen LogP contribution in [0, 0.1) is 0 Å². The Kier molecular flexibility index (Phi) is 8.70. The molecule has 3 rings (SSSR count). The predicted octanol–water partition coefficient (Wildman–Crippen LogP) is 5.15. The number of H-pyrrole nitrogens is 1. The highest BCUT2D eigenvalue weighted by molar-refractivity contribution is 9.11. The number of aromatic nitrogens is 2. The third kappa shape index (κ3) is 5.02. The first-order valence-electron chi connectivity index (χ1n) is 12.2. The maximum absolute atomic E-state index is 12.8. The second-order valence-electron chi connectivity index (χ2n) is 10.5. The molecule has 0 radical (unpaired) electrons. The van der Waals surface area contributed by atoms with Crippen molar-refractivity contribution < 1.29 is 17.7 Å². The van der Waals surface area contributed by atoms with Crippen LogP contribution < -0.4 is 11.2 Å². The SMILES string of the molecule is CC(C)[Si]1(C(C)C)OC[C@H]2O[C@@H](n3c(/C=C\Br)cc(=O)[nH]c3=O)C[C@@H]2O[Si](C(C)C)(C(C)C)O1. The lowest BCUT2D eigenvalue weighted by atomic mass is 10.2. The molecule has 34 heavy (non-hydrogen) atoms. The maximum Gasteiger partial charge on any atom is 0.335 e. The molecule has 0 aromatic carbocycles. The summed E-state index contributed by atoms with van der Waals surface area (Å²) in [6.45, 7) is 17.8. The van der Waals surface area contributed by atoms with Crippen LogP contribution in [0.3, 0.4) is 0 Å². The molecule has 2 saturated heterocycles. The average Bonchev–Trinajstić information content (AvgIpc) is 3.08. The van der Waals surface area contributed by atoms with Crippen molar-refractivity contribution in [3.05, 3.63) is 37.6 Å². The average molecular weight is 576 g/mol. The Morgan fingerprint density at radius 3 is 2.12 bits per heavy atom. The Labute approximate surface area is 212 Å². The van der Waals surface area contributed by atoms with Gasteiger partial charge in [0.05, 0.1) is 18.4 Å². The molecule has 2 fully saturated rings. The summed E-state index contributed by atoms with van der Waals surface area (Å²) in [6, 6.07) is 1.39. The molecule has 0 aliphatic carbocycles. The lowest BCUT2D eigenvalue weighted by Gasteiger charge is -2.51. The molecule has 2 aliphatic heterocycles. The van der Waals surface area contributed by atoms with Gasteiger partial charge in [0, 0.05) is 12.5 Å². The molecule has 3 heterocycles. The van der Waals surface area contributed by atoms with Gasteiger partial charge in [-0.15, -0.1) is 0 Å². The van der Waals surface area contributed by atoms with E-state index in [1.165, 1.54) is 10.6 Å². The third-order valence-electron chi connectivity index (χ3n) is 7.06. The Morgan fingerprint density at radius 1 is 1.00 bits per heavy atom. The molecular formula is C23H39BrN2O6Si2. The summed E-state index contributed by atoms with van der Waals surface area (Å²) in [5.41, 5.74) is 0.412. The molecule has 0 amide bonds. The van der Waals surface area contributed by atoms with E-state index in [0.29, 0.717) is 18.7 Å². The second kappa shape index (κ2) is 10.7. The van der Waals surface area contributed by atoms with E-state index in [4.69, 9.17) is 17.7 Å². The van der Waals surface area contributed by atoms with Crippen molar-refractivity contribution in [3.63, 3.8) is 0 Å². The lowest BCUT2D eigenvalue weighted by Crippen LogP contribution is -2.65. The number of nitrogens with one attached hydrogen (secondary N) is 1. The van der Waals surface area contributed by atoms with Gasteiger partial charge in [-0.1, -0.05) is 71.3 Å². The molecule has 0 saturated carbocycles. The summed E-state index contributed by atoms with van der Waals surface area (Å²) in [5, 5.41) is 0. The van der Waals surface area contributed by atoms with Crippen LogP contribution in [0.25, 0.3) is 6.08 Å². The zero-order valence-electron chi connectivity index (χ0n) is 21.5. The fourth-order valence-electron chi connectivity index (χ4n) is 5.31. The molecule has 3 atom stereocenters. The predicted molar refractivity (Wildman–Crippen MR) is 142 cm³/mol. The molecule has 11 heteroatoms. The van der Waals surface area contributed by atoms with Crippen molar-refractivity contribution >= 4 is 39.1 Å². The second-order valence-corrected chi connectivity index (χ2v) is 19.9. The Balaban J connectivity index is 2.08. The lowest BCUT2D eigenvalue weighted by molar-refractivity contribution is -0.0567. The summed E-state index contributed by atoms with van der Waals surface area (Å²) in [4.78, 5) is 28.7. The van der Waals surface area contributed by atoms with Gasteiger partial charge in [-0.05, 0) is 33.2 Å². The van der Waals surface area contributed by atoms with E-state index >= 15 is 0 Å². The molecule has 1 N–H and O–H groups in total. The molecule has 192 valence electrons. The zero-order chi connectivity index (χ0) is 25.4. The molecule has 1 aromatic rings. The standard InChI is InChI=1S/C23H39BrN2O6Si2/c1-14(2)33(15(3)4)29-13-20-19(31-34(32-33,16(5)6)17(7)8)12-22(30-20)26-18(9-10-24)11-21(27)25-23(26)28/h9-11,14-17,19-20,22H,12-13H2,1-8H3,(H,25,27,28)/b10-9-/t19-,20+,22+/m0/s1. The highest BCUT2D eigenvalue weighted by atomic mass is 79.9. The van der Waals surface area contributed by atoms with Crippen molar-refractivity contribution in [3.8, 4) is 0 Å². The van der Waals surface area contributed by atoms with Gasteiger partial charge in [0.1, 0.15) is 12.3 Å². The first-order chi connectivity index (χ1) is 15.9. The molecule has 8 nitrogen and oxygen atoms in total. The number of aromatic amines is 1. The number of nitrogens with zero attached hydrogens (tertiary/aromatic N) is 1. The maximum atomic E-state index is 12.8. The van der Waals surface area contributed by atoms with Crippen molar-refractivity contribution in [1.82, 2.24) is 9.55 Å². The summed E-state index contributed by atoms with van der Waals surface area (Å²) in [6.07, 6.45) is 0.950. The van der Waals surface area contributed by atoms with Crippen molar-refractivity contribution in [2.24, 2.45) is 0 Å². The van der Waals surface area contributed by atoms with Crippen LogP contribution in [-0.2, 0) is 17.7 Å². The van der Waals surface area contributed by atoms with Crippen LogP contribution in [0.4, 0.5) is 0 Å². The van der Waals surface area contributed by atoms with E-state index in [0.717, 1.165) is 0 Å². The minimum Gasteiger partial charge on any atom is -0.414 e. The van der Waals surface area contributed by atoms with Crippen LogP contribution in [0.5, 0.6) is 0 Å². The normalized spacial score (nSPS) is 27.0. The van der Waals surface area contributed by atoms with Crippen LogP contribution in [-0.4, -0.2) is 45.5 Å². The molecular weight excluding hydrogens is 536 g/mol. The van der Waals surface area contributed by atoms with Gasteiger partial charge in [-0.2, -0.15) is 0 Å². The molecule has 0 bridgehead atoms. The highest BCUT2D eigenvalue weighted by Gasteiger charge is 2.60. The van der Waals surface area contributed by atoms with Crippen molar-refractivity contribution in [2.45, 2.75) is 102 Å². The van der Waals surface area contributed by atoms with E-state index in [1.807, 2.05) is 0 Å². The van der Waals surface area contributed by atoms with E-state index in [2.05, 4.69) is 76.3 Å². The zero-order valence-corrected chi connectivity index (χ0v) is 25.0. The van der Waals surface area contributed by atoms with Gasteiger partial charge < -0.3 is 17.7 Å². The largest absolute Gasteiger partial charge is 0.414 e. The first-order valence-corrected chi connectivity index (χ1v) is 17.0. The summed E-state index contributed by atoms with van der Waals surface area (Å²) < 4.78 is 28.9. The van der Waals surface area contributed by atoms with Crippen molar-refractivity contribution in [1.29, 1.82) is 0 Å². The van der Waals surface area contributed by atoms with Gasteiger partial charge in [0.15, 0.2) is 0 Å². The molecule has 0 unspecified atom stereocenters. The van der Waals surface area contributed by atoms with Crippen molar-refractivity contribution in [2.75, 3.05) is 6.61 Å². The van der Waals surface area contributed by atoms with Gasteiger partial charge in [-0.25, -0.2) is 4.79 Å². The number of rotatable bonds is 6. The monoisotopic (exact) mass is 574 g/mol. The van der Waals surface area contributed by atoms with E-state index in [1.54, 1.807) is 11.1 Å². The molecule has 2 aliphatic rings. The number of halogens is 1. The number of fused-ring (bicyclic) bond motifs is 1. The van der Waals surface area contributed by atoms with Gasteiger partial charge in [0.2, 0.25) is 0 Å². The Bertz CT molecular complexity index is 990. The first kappa shape index (κ1) is 27.8.